The molecule has 5 heteroatoms. The Bertz CT molecular complexity index is 505. The molecule has 0 spiro atoms. The third-order valence-electron chi connectivity index (χ3n) is 3.68. The molecule has 3 heterocycles. The van der Waals surface area contributed by atoms with Gasteiger partial charge in [-0.1, -0.05) is 0 Å². The van der Waals surface area contributed by atoms with Gasteiger partial charge in [0.05, 0.1) is 12.0 Å². The molecule has 102 valence electrons. The first-order valence-corrected chi connectivity index (χ1v) is 6.89. The van der Waals surface area contributed by atoms with Crippen molar-refractivity contribution in [3.63, 3.8) is 0 Å². The Morgan fingerprint density at radius 3 is 3.16 bits per heavy atom. The van der Waals surface area contributed by atoms with Crippen LogP contribution < -0.4 is 0 Å². The van der Waals surface area contributed by atoms with Crippen LogP contribution in [-0.4, -0.2) is 32.5 Å². The molecule has 0 aromatic carbocycles. The van der Waals surface area contributed by atoms with Crippen LogP contribution in [0.5, 0.6) is 0 Å². The maximum atomic E-state index is 5.27. The van der Waals surface area contributed by atoms with Gasteiger partial charge in [0.2, 0.25) is 0 Å². The van der Waals surface area contributed by atoms with Crippen molar-refractivity contribution in [2.45, 2.75) is 32.9 Å². The van der Waals surface area contributed by atoms with Crippen molar-refractivity contribution in [3.8, 4) is 0 Å². The number of likely N-dealkylation sites (tertiary alicyclic amines) is 1. The standard InChI is InChI=1S/C14H20N4O/c1-12-16-14(10-19-12)9-17-5-2-3-13(7-17)8-18-6-4-15-11-18/h4,6,10-11,13H,2-3,5,7-9H2,1H3. The zero-order chi connectivity index (χ0) is 13.1. The van der Waals surface area contributed by atoms with Crippen molar-refractivity contribution in [2.75, 3.05) is 13.1 Å². The Labute approximate surface area is 113 Å². The molecule has 0 radical (unpaired) electrons. The average molecular weight is 260 g/mol. The molecule has 0 saturated carbocycles. The number of piperidine rings is 1. The lowest BCUT2D eigenvalue weighted by Gasteiger charge is -2.32. The Morgan fingerprint density at radius 2 is 2.42 bits per heavy atom. The number of aryl methyl sites for hydroxylation is 1. The molecule has 0 bridgehead atoms. The highest BCUT2D eigenvalue weighted by molar-refractivity contribution is 4.95. The summed E-state index contributed by atoms with van der Waals surface area (Å²) in [4.78, 5) is 11.0. The van der Waals surface area contributed by atoms with Crippen LogP contribution in [0.1, 0.15) is 24.4 Å². The quantitative estimate of drug-likeness (QED) is 0.844. The van der Waals surface area contributed by atoms with E-state index >= 15 is 0 Å². The van der Waals surface area contributed by atoms with E-state index in [1.54, 1.807) is 6.26 Å². The number of hydrogen-bond donors (Lipinski definition) is 0. The summed E-state index contributed by atoms with van der Waals surface area (Å²) in [6.45, 7) is 6.14. The highest BCUT2D eigenvalue weighted by atomic mass is 16.3. The molecule has 1 atom stereocenters. The molecule has 1 aliphatic heterocycles. The van der Waals surface area contributed by atoms with Gasteiger partial charge in [-0.15, -0.1) is 0 Å². The van der Waals surface area contributed by atoms with Gasteiger partial charge in [0.15, 0.2) is 5.89 Å². The summed E-state index contributed by atoms with van der Waals surface area (Å²) in [5.74, 6) is 1.46. The van der Waals surface area contributed by atoms with E-state index < -0.39 is 0 Å². The fourth-order valence-electron chi connectivity index (χ4n) is 2.85. The van der Waals surface area contributed by atoms with E-state index in [1.807, 2.05) is 25.6 Å². The Kier molecular flexibility index (Phi) is 3.64. The molecule has 2 aromatic rings. The summed E-state index contributed by atoms with van der Waals surface area (Å²) in [6, 6.07) is 0. The third-order valence-corrected chi connectivity index (χ3v) is 3.68. The minimum absolute atomic E-state index is 0.705. The molecular weight excluding hydrogens is 240 g/mol. The SMILES string of the molecule is Cc1nc(CN2CCCC(Cn3ccnc3)C2)co1. The Balaban J connectivity index is 1.55. The van der Waals surface area contributed by atoms with Gasteiger partial charge in [0.1, 0.15) is 6.26 Å². The molecule has 3 rings (SSSR count). The third kappa shape index (κ3) is 3.23. The van der Waals surface area contributed by atoms with Gasteiger partial charge >= 0.3 is 0 Å². The second kappa shape index (κ2) is 5.57. The lowest BCUT2D eigenvalue weighted by Crippen LogP contribution is -2.36. The first-order chi connectivity index (χ1) is 9.29. The topological polar surface area (TPSA) is 47.1 Å². The molecule has 1 aliphatic rings. The summed E-state index contributed by atoms with van der Waals surface area (Å²) in [5, 5.41) is 0. The van der Waals surface area contributed by atoms with E-state index in [0.717, 1.165) is 37.8 Å². The highest BCUT2D eigenvalue weighted by Crippen LogP contribution is 2.20. The van der Waals surface area contributed by atoms with E-state index in [2.05, 4.69) is 19.4 Å². The van der Waals surface area contributed by atoms with Crippen LogP contribution in [0, 0.1) is 12.8 Å². The number of hydrogen-bond acceptors (Lipinski definition) is 4. The summed E-state index contributed by atoms with van der Waals surface area (Å²) in [6.07, 6.45) is 10.1. The predicted molar refractivity (Wildman–Crippen MR) is 71.5 cm³/mol. The van der Waals surface area contributed by atoms with Crippen LogP contribution in [-0.2, 0) is 13.1 Å². The second-order valence-corrected chi connectivity index (χ2v) is 5.36. The van der Waals surface area contributed by atoms with Crippen molar-refractivity contribution < 1.29 is 4.42 Å². The van der Waals surface area contributed by atoms with Crippen LogP contribution in [0.15, 0.2) is 29.4 Å². The number of rotatable bonds is 4. The van der Waals surface area contributed by atoms with Gasteiger partial charge in [0.25, 0.3) is 0 Å². The molecule has 19 heavy (non-hydrogen) atoms. The molecule has 1 saturated heterocycles. The Hall–Kier alpha value is -1.62. The van der Waals surface area contributed by atoms with Crippen LogP contribution in [0.2, 0.25) is 0 Å². The molecule has 0 N–H and O–H groups in total. The van der Waals surface area contributed by atoms with Gasteiger partial charge < -0.3 is 8.98 Å². The van der Waals surface area contributed by atoms with Crippen molar-refractivity contribution in [1.82, 2.24) is 19.4 Å². The van der Waals surface area contributed by atoms with Crippen LogP contribution in [0.25, 0.3) is 0 Å². The van der Waals surface area contributed by atoms with E-state index in [9.17, 15) is 0 Å². The van der Waals surface area contributed by atoms with Gasteiger partial charge in [-0.3, -0.25) is 4.90 Å². The maximum Gasteiger partial charge on any atom is 0.191 e. The van der Waals surface area contributed by atoms with Gasteiger partial charge in [0, 0.05) is 39.0 Å². The average Bonchev–Trinajstić information content (AvgIpc) is 3.02. The predicted octanol–water partition coefficient (Wildman–Crippen LogP) is 2.09. The maximum absolute atomic E-state index is 5.27. The fraction of sp³-hybridized carbons (Fsp3) is 0.571. The number of imidazole rings is 1. The van der Waals surface area contributed by atoms with E-state index in [1.165, 1.54) is 12.8 Å². The summed E-state index contributed by atoms with van der Waals surface area (Å²) >= 11 is 0. The Morgan fingerprint density at radius 1 is 1.47 bits per heavy atom. The number of aromatic nitrogens is 3. The van der Waals surface area contributed by atoms with Crippen LogP contribution in [0.3, 0.4) is 0 Å². The minimum atomic E-state index is 0.705. The van der Waals surface area contributed by atoms with Gasteiger partial charge in [-0.05, 0) is 25.3 Å². The molecule has 0 amide bonds. The fourth-order valence-corrected chi connectivity index (χ4v) is 2.85. The minimum Gasteiger partial charge on any atom is -0.449 e. The van der Waals surface area contributed by atoms with Crippen molar-refractivity contribution in [1.29, 1.82) is 0 Å². The molecule has 0 aliphatic carbocycles. The first-order valence-electron chi connectivity index (χ1n) is 6.89. The molecule has 5 nitrogen and oxygen atoms in total. The van der Waals surface area contributed by atoms with Gasteiger partial charge in [-0.2, -0.15) is 0 Å². The van der Waals surface area contributed by atoms with Crippen LogP contribution >= 0.6 is 0 Å². The molecule has 1 unspecified atom stereocenters. The van der Waals surface area contributed by atoms with E-state index in [4.69, 9.17) is 4.42 Å². The summed E-state index contributed by atoms with van der Waals surface area (Å²) < 4.78 is 7.44. The smallest absolute Gasteiger partial charge is 0.191 e. The largest absolute Gasteiger partial charge is 0.449 e. The van der Waals surface area contributed by atoms with E-state index in [0.29, 0.717) is 5.92 Å². The van der Waals surface area contributed by atoms with E-state index in [-0.39, 0.29) is 0 Å². The number of nitrogens with zero attached hydrogens (tertiary/aromatic N) is 4. The first kappa shape index (κ1) is 12.4. The molecule has 1 fully saturated rings. The second-order valence-electron chi connectivity index (χ2n) is 5.36. The summed E-state index contributed by atoms with van der Waals surface area (Å²) in [7, 11) is 0. The monoisotopic (exact) mass is 260 g/mol. The molecule has 2 aromatic heterocycles. The zero-order valence-electron chi connectivity index (χ0n) is 11.3. The lowest BCUT2D eigenvalue weighted by molar-refractivity contribution is 0.154. The van der Waals surface area contributed by atoms with Gasteiger partial charge in [-0.25, -0.2) is 9.97 Å². The number of oxazole rings is 1. The normalized spacial score (nSPS) is 20.8. The van der Waals surface area contributed by atoms with Crippen LogP contribution in [0.4, 0.5) is 0 Å². The molecular formula is C14H20N4O. The van der Waals surface area contributed by atoms with Crippen molar-refractivity contribution in [2.24, 2.45) is 5.92 Å². The van der Waals surface area contributed by atoms with Crippen molar-refractivity contribution in [3.05, 3.63) is 36.6 Å². The summed E-state index contributed by atoms with van der Waals surface area (Å²) in [5.41, 5.74) is 1.04. The van der Waals surface area contributed by atoms with Crippen molar-refractivity contribution >= 4 is 0 Å². The zero-order valence-corrected chi connectivity index (χ0v) is 11.3. The highest BCUT2D eigenvalue weighted by Gasteiger charge is 2.20. The lowest BCUT2D eigenvalue weighted by atomic mass is 9.98.